The molecule has 1 atom stereocenters. The first-order valence-electron chi connectivity index (χ1n) is 10.4. The van der Waals surface area contributed by atoms with Crippen LogP contribution in [-0.2, 0) is 14.8 Å². The highest BCUT2D eigenvalue weighted by Gasteiger charge is 2.25. The summed E-state index contributed by atoms with van der Waals surface area (Å²) in [5, 5.41) is 2.69. The van der Waals surface area contributed by atoms with E-state index in [-0.39, 0.29) is 33.2 Å². The molecule has 1 heterocycles. The van der Waals surface area contributed by atoms with Gasteiger partial charge >= 0.3 is 0 Å². The molecule has 0 aliphatic carbocycles. The van der Waals surface area contributed by atoms with Crippen LogP contribution in [0.5, 0.6) is 5.75 Å². The normalized spacial score (nSPS) is 16.2. The summed E-state index contributed by atoms with van der Waals surface area (Å²) < 4.78 is 39.1. The Kier molecular flexibility index (Phi) is 8.79. The van der Waals surface area contributed by atoms with Gasteiger partial charge in [-0.15, -0.1) is 0 Å². The maximum Gasteiger partial charge on any atom is 0.257 e. The van der Waals surface area contributed by atoms with Gasteiger partial charge in [-0.05, 0) is 55.7 Å². The molecule has 1 saturated heterocycles. The van der Waals surface area contributed by atoms with Gasteiger partial charge in [0.1, 0.15) is 10.6 Å². The van der Waals surface area contributed by atoms with E-state index in [4.69, 9.17) is 32.7 Å². The molecule has 0 aromatic heterocycles. The molecule has 1 aliphatic rings. The number of unbranched alkanes of at least 4 members (excludes halogenated alkanes) is 1. The first-order chi connectivity index (χ1) is 15.3. The molecule has 7 nitrogen and oxygen atoms in total. The van der Waals surface area contributed by atoms with Gasteiger partial charge in [-0.1, -0.05) is 36.5 Å². The maximum atomic E-state index is 12.8. The lowest BCUT2D eigenvalue weighted by atomic mass is 10.2. The van der Waals surface area contributed by atoms with Crippen molar-refractivity contribution in [2.75, 3.05) is 25.1 Å². The van der Waals surface area contributed by atoms with Gasteiger partial charge in [-0.25, -0.2) is 13.1 Å². The minimum absolute atomic E-state index is 0.00293. The van der Waals surface area contributed by atoms with Crippen molar-refractivity contribution in [3.8, 4) is 5.75 Å². The zero-order chi connectivity index (χ0) is 23.1. The lowest BCUT2D eigenvalue weighted by Gasteiger charge is -2.14. The topological polar surface area (TPSA) is 93.7 Å². The summed E-state index contributed by atoms with van der Waals surface area (Å²) >= 11 is 12.3. The minimum Gasteiger partial charge on any atom is -0.494 e. The number of amides is 1. The van der Waals surface area contributed by atoms with Gasteiger partial charge in [0.15, 0.2) is 0 Å². The van der Waals surface area contributed by atoms with Crippen molar-refractivity contribution in [1.29, 1.82) is 0 Å². The smallest absolute Gasteiger partial charge is 0.257 e. The van der Waals surface area contributed by atoms with E-state index in [1.54, 1.807) is 24.3 Å². The Morgan fingerprint density at radius 1 is 1.19 bits per heavy atom. The van der Waals surface area contributed by atoms with Crippen LogP contribution in [0.2, 0.25) is 10.0 Å². The molecule has 0 saturated carbocycles. The fourth-order valence-electron chi connectivity index (χ4n) is 3.16. The van der Waals surface area contributed by atoms with Crippen molar-refractivity contribution in [2.24, 2.45) is 0 Å². The largest absolute Gasteiger partial charge is 0.494 e. The summed E-state index contributed by atoms with van der Waals surface area (Å²) in [6.45, 7) is 3.46. The quantitative estimate of drug-likeness (QED) is 0.453. The van der Waals surface area contributed by atoms with Gasteiger partial charge in [0.2, 0.25) is 10.0 Å². The van der Waals surface area contributed by atoms with E-state index in [2.05, 4.69) is 17.0 Å². The molecule has 10 heteroatoms. The van der Waals surface area contributed by atoms with Crippen LogP contribution < -0.4 is 14.8 Å². The highest BCUT2D eigenvalue weighted by molar-refractivity contribution is 7.89. The molecule has 0 radical (unpaired) electrons. The molecule has 2 aromatic rings. The number of sulfonamides is 1. The van der Waals surface area contributed by atoms with Crippen LogP contribution >= 0.6 is 23.2 Å². The van der Waals surface area contributed by atoms with E-state index in [0.29, 0.717) is 24.7 Å². The second-order valence-electron chi connectivity index (χ2n) is 7.43. The summed E-state index contributed by atoms with van der Waals surface area (Å²) in [5.41, 5.74) is 0.515. The van der Waals surface area contributed by atoms with E-state index < -0.39 is 15.9 Å². The summed E-state index contributed by atoms with van der Waals surface area (Å²) in [6, 6.07) is 9.33. The van der Waals surface area contributed by atoms with E-state index >= 15 is 0 Å². The average Bonchev–Trinajstić information content (AvgIpc) is 3.27. The minimum atomic E-state index is -3.96. The van der Waals surface area contributed by atoms with E-state index in [9.17, 15) is 13.2 Å². The molecule has 0 bridgehead atoms. The molecule has 1 amide bonds. The fraction of sp³-hybridized carbons (Fsp3) is 0.409. The second kappa shape index (κ2) is 11.3. The van der Waals surface area contributed by atoms with Crippen molar-refractivity contribution in [1.82, 2.24) is 4.72 Å². The Balaban J connectivity index is 1.72. The van der Waals surface area contributed by atoms with Crippen LogP contribution in [0.1, 0.15) is 43.0 Å². The van der Waals surface area contributed by atoms with Crippen LogP contribution in [0.15, 0.2) is 41.3 Å². The number of ether oxygens (including phenoxy) is 2. The third kappa shape index (κ3) is 6.59. The lowest BCUT2D eigenvalue weighted by molar-refractivity contribution is 0.102. The van der Waals surface area contributed by atoms with Crippen molar-refractivity contribution in [3.63, 3.8) is 0 Å². The Labute approximate surface area is 198 Å². The number of hydrogen-bond acceptors (Lipinski definition) is 5. The highest BCUT2D eigenvalue weighted by atomic mass is 35.5. The Morgan fingerprint density at radius 2 is 1.94 bits per heavy atom. The zero-order valence-electron chi connectivity index (χ0n) is 17.7. The van der Waals surface area contributed by atoms with E-state index in [0.717, 1.165) is 25.7 Å². The molecule has 1 unspecified atom stereocenters. The number of carbonyl (C=O) groups is 1. The van der Waals surface area contributed by atoms with Crippen LogP contribution in [0.3, 0.4) is 0 Å². The number of benzene rings is 2. The molecule has 3 rings (SSSR count). The predicted octanol–water partition coefficient (Wildman–Crippen LogP) is 4.88. The van der Waals surface area contributed by atoms with Gasteiger partial charge < -0.3 is 14.8 Å². The van der Waals surface area contributed by atoms with Crippen molar-refractivity contribution >= 4 is 44.8 Å². The Morgan fingerprint density at radius 3 is 2.59 bits per heavy atom. The summed E-state index contributed by atoms with van der Waals surface area (Å²) in [5.74, 6) is 0.147. The van der Waals surface area contributed by atoms with Crippen LogP contribution in [0.25, 0.3) is 0 Å². The van der Waals surface area contributed by atoms with Gasteiger partial charge in [-0.2, -0.15) is 0 Å². The third-order valence-electron chi connectivity index (χ3n) is 4.96. The zero-order valence-corrected chi connectivity index (χ0v) is 20.0. The number of carbonyl (C=O) groups excluding carboxylic acids is 1. The molecule has 2 N–H and O–H groups in total. The monoisotopic (exact) mass is 500 g/mol. The first kappa shape index (κ1) is 24.8. The number of rotatable bonds is 10. The molecule has 1 fully saturated rings. The third-order valence-corrected chi connectivity index (χ3v) is 7.16. The maximum absolute atomic E-state index is 12.8. The average molecular weight is 501 g/mol. The number of nitrogens with one attached hydrogen (secondary N) is 2. The fourth-order valence-corrected chi connectivity index (χ4v) is 5.09. The van der Waals surface area contributed by atoms with Gasteiger partial charge in [0.05, 0.1) is 28.3 Å². The molecule has 32 heavy (non-hydrogen) atoms. The molecule has 1 aliphatic heterocycles. The van der Waals surface area contributed by atoms with Crippen molar-refractivity contribution in [3.05, 3.63) is 52.0 Å². The summed E-state index contributed by atoms with van der Waals surface area (Å²) in [6.07, 6.45) is 3.50. The van der Waals surface area contributed by atoms with Gasteiger partial charge in [0, 0.05) is 18.8 Å². The van der Waals surface area contributed by atoms with Crippen molar-refractivity contribution in [2.45, 2.75) is 43.6 Å². The molecule has 0 spiro atoms. The second-order valence-corrected chi connectivity index (χ2v) is 9.98. The Bertz CT molecular complexity index is 1040. The standard InChI is InChI=1S/C22H26Cl2N2O5S/c1-2-3-10-30-16-8-6-15(7-9-16)26-22(27)18-12-21(20(24)13-19(18)23)32(28,29)25-14-17-5-4-11-31-17/h6-9,12-13,17,25H,2-5,10-11,14H2,1H3,(H,26,27). The lowest BCUT2D eigenvalue weighted by Crippen LogP contribution is -2.32. The van der Waals surface area contributed by atoms with Crippen LogP contribution in [0.4, 0.5) is 5.69 Å². The SMILES string of the molecule is CCCCOc1ccc(NC(=O)c2cc(S(=O)(=O)NCC3CCCO3)c(Cl)cc2Cl)cc1. The molecular formula is C22H26Cl2N2O5S. The molecular weight excluding hydrogens is 475 g/mol. The summed E-state index contributed by atoms with van der Waals surface area (Å²) in [7, 11) is -3.96. The number of hydrogen-bond donors (Lipinski definition) is 2. The number of halogens is 2. The highest BCUT2D eigenvalue weighted by Crippen LogP contribution is 2.29. The van der Waals surface area contributed by atoms with E-state index in [1.807, 2.05) is 0 Å². The Hall–Kier alpha value is -1.84. The van der Waals surface area contributed by atoms with Gasteiger partial charge in [0.25, 0.3) is 5.91 Å². The van der Waals surface area contributed by atoms with Crippen molar-refractivity contribution < 1.29 is 22.7 Å². The number of anilines is 1. The van der Waals surface area contributed by atoms with Crippen LogP contribution in [-0.4, -0.2) is 40.2 Å². The van der Waals surface area contributed by atoms with Gasteiger partial charge in [-0.3, -0.25) is 4.79 Å². The summed E-state index contributed by atoms with van der Waals surface area (Å²) in [4.78, 5) is 12.6. The predicted molar refractivity (Wildman–Crippen MR) is 125 cm³/mol. The first-order valence-corrected chi connectivity index (χ1v) is 12.7. The molecule has 2 aromatic carbocycles. The van der Waals surface area contributed by atoms with Crippen LogP contribution in [0, 0.1) is 0 Å². The molecule has 174 valence electrons. The van der Waals surface area contributed by atoms with E-state index in [1.165, 1.54) is 12.1 Å².